The molecule has 0 saturated carbocycles. The van der Waals surface area contributed by atoms with E-state index in [1.807, 2.05) is 31.2 Å². The minimum atomic E-state index is 0.0237. The van der Waals surface area contributed by atoms with Crippen LogP contribution in [0, 0.1) is 0 Å². The van der Waals surface area contributed by atoms with E-state index >= 15 is 0 Å². The number of carbonyl (C=O) groups excluding carboxylic acids is 1. The zero-order valence-electron chi connectivity index (χ0n) is 6.67. The van der Waals surface area contributed by atoms with Crippen LogP contribution in [0.4, 0.5) is 0 Å². The van der Waals surface area contributed by atoms with Gasteiger partial charge in [-0.15, -0.1) is 0 Å². The van der Waals surface area contributed by atoms with E-state index in [9.17, 15) is 4.79 Å². The van der Waals surface area contributed by atoms with Gasteiger partial charge in [-0.25, -0.2) is 0 Å². The molecule has 1 aromatic rings. The standard InChI is InChI=1S/C9H9BrNO/c1-7(11-6-12)8-2-4-9(10)5-3-8/h2-5,7H,1H3,(H,11,12). The summed E-state index contributed by atoms with van der Waals surface area (Å²) in [7, 11) is 0. The van der Waals surface area contributed by atoms with Crippen LogP contribution in [0.2, 0.25) is 0 Å². The molecule has 12 heavy (non-hydrogen) atoms. The summed E-state index contributed by atoms with van der Waals surface area (Å²) in [5.41, 5.74) is 1.07. The molecular formula is C9H9BrNO. The van der Waals surface area contributed by atoms with Crippen molar-refractivity contribution in [1.29, 1.82) is 0 Å². The zero-order chi connectivity index (χ0) is 8.97. The Hall–Kier alpha value is -0.830. The van der Waals surface area contributed by atoms with Crippen molar-refractivity contribution in [3.8, 4) is 0 Å². The number of nitrogens with one attached hydrogen (secondary N) is 1. The molecule has 1 radical (unpaired) electrons. The lowest BCUT2D eigenvalue weighted by molar-refractivity contribution is 0.529. The van der Waals surface area contributed by atoms with Gasteiger partial charge in [0.25, 0.3) is 0 Å². The molecule has 0 bridgehead atoms. The van der Waals surface area contributed by atoms with Crippen LogP contribution in [0.3, 0.4) is 0 Å². The molecule has 0 fully saturated rings. The highest BCUT2D eigenvalue weighted by molar-refractivity contribution is 9.10. The van der Waals surface area contributed by atoms with Crippen LogP contribution in [-0.2, 0) is 4.79 Å². The van der Waals surface area contributed by atoms with Gasteiger partial charge in [0.2, 0.25) is 0 Å². The molecule has 1 unspecified atom stereocenters. The van der Waals surface area contributed by atoms with Crippen molar-refractivity contribution in [2.24, 2.45) is 0 Å². The average molecular weight is 227 g/mol. The lowest BCUT2D eigenvalue weighted by Gasteiger charge is -2.08. The SMILES string of the molecule is CC(N[C]=O)c1ccc(Br)cc1. The minimum Gasteiger partial charge on any atom is -0.341 e. The van der Waals surface area contributed by atoms with Crippen LogP contribution < -0.4 is 5.32 Å². The van der Waals surface area contributed by atoms with Gasteiger partial charge < -0.3 is 5.32 Å². The van der Waals surface area contributed by atoms with Crippen molar-refractivity contribution < 1.29 is 4.79 Å². The highest BCUT2D eigenvalue weighted by Crippen LogP contribution is 2.15. The lowest BCUT2D eigenvalue weighted by Crippen LogP contribution is -2.15. The third kappa shape index (κ3) is 2.34. The van der Waals surface area contributed by atoms with Crippen LogP contribution in [0.5, 0.6) is 0 Å². The summed E-state index contributed by atoms with van der Waals surface area (Å²) in [5.74, 6) is 0. The Labute approximate surface area is 80.1 Å². The zero-order valence-corrected chi connectivity index (χ0v) is 8.26. The Balaban J connectivity index is 2.74. The second-order valence-corrected chi connectivity index (χ2v) is 3.44. The van der Waals surface area contributed by atoms with Gasteiger partial charge in [-0.1, -0.05) is 28.1 Å². The predicted molar refractivity (Wildman–Crippen MR) is 51.4 cm³/mol. The fourth-order valence-electron chi connectivity index (χ4n) is 0.923. The first-order valence-electron chi connectivity index (χ1n) is 3.62. The molecule has 1 rings (SSSR count). The number of amides is 1. The smallest absolute Gasteiger partial charge is 0.309 e. The van der Waals surface area contributed by atoms with E-state index in [4.69, 9.17) is 0 Å². The van der Waals surface area contributed by atoms with Crippen LogP contribution in [-0.4, -0.2) is 6.41 Å². The largest absolute Gasteiger partial charge is 0.341 e. The van der Waals surface area contributed by atoms with Crippen molar-refractivity contribution in [3.63, 3.8) is 0 Å². The quantitative estimate of drug-likeness (QED) is 0.787. The predicted octanol–water partition coefficient (Wildman–Crippen LogP) is 2.17. The summed E-state index contributed by atoms with van der Waals surface area (Å²) < 4.78 is 1.04. The number of hydrogen-bond donors (Lipinski definition) is 1. The molecule has 3 heteroatoms. The van der Waals surface area contributed by atoms with Gasteiger partial charge in [0.15, 0.2) is 0 Å². The fourth-order valence-corrected chi connectivity index (χ4v) is 1.19. The molecule has 0 aliphatic heterocycles. The highest BCUT2D eigenvalue weighted by Gasteiger charge is 2.02. The second kappa shape index (κ2) is 4.26. The molecule has 1 N–H and O–H groups in total. The van der Waals surface area contributed by atoms with Crippen molar-refractivity contribution in [1.82, 2.24) is 5.32 Å². The maximum Gasteiger partial charge on any atom is 0.309 e. The Morgan fingerprint density at radius 2 is 2.00 bits per heavy atom. The Kier molecular flexibility index (Phi) is 3.29. The number of rotatable bonds is 3. The van der Waals surface area contributed by atoms with Crippen LogP contribution in [0.25, 0.3) is 0 Å². The van der Waals surface area contributed by atoms with E-state index in [2.05, 4.69) is 21.2 Å². The molecule has 2 nitrogen and oxygen atoms in total. The van der Waals surface area contributed by atoms with Gasteiger partial charge in [-0.2, -0.15) is 0 Å². The van der Waals surface area contributed by atoms with E-state index < -0.39 is 0 Å². The van der Waals surface area contributed by atoms with E-state index in [0.717, 1.165) is 10.0 Å². The van der Waals surface area contributed by atoms with E-state index in [1.54, 1.807) is 6.41 Å². The fraction of sp³-hybridized carbons (Fsp3) is 0.222. The molecule has 0 aliphatic rings. The molecule has 0 aliphatic carbocycles. The average Bonchev–Trinajstić information content (AvgIpc) is 2.06. The third-order valence-electron chi connectivity index (χ3n) is 1.65. The molecule has 0 heterocycles. The summed E-state index contributed by atoms with van der Waals surface area (Å²) in [6, 6.07) is 7.82. The summed E-state index contributed by atoms with van der Waals surface area (Å²) >= 11 is 3.34. The van der Waals surface area contributed by atoms with Crippen molar-refractivity contribution in [2.75, 3.05) is 0 Å². The normalized spacial score (nSPS) is 12.2. The number of benzene rings is 1. The molecule has 1 atom stereocenters. The summed E-state index contributed by atoms with van der Waals surface area (Å²) in [4.78, 5) is 10.0. The highest BCUT2D eigenvalue weighted by atomic mass is 79.9. The van der Waals surface area contributed by atoms with Gasteiger partial charge in [0.1, 0.15) is 0 Å². The molecule has 0 spiro atoms. The molecule has 1 aromatic carbocycles. The minimum absolute atomic E-state index is 0.0237. The maximum atomic E-state index is 10.0. The first-order chi connectivity index (χ1) is 5.74. The summed E-state index contributed by atoms with van der Waals surface area (Å²) in [6.07, 6.45) is 1.67. The number of hydrogen-bond acceptors (Lipinski definition) is 1. The Morgan fingerprint density at radius 3 is 2.50 bits per heavy atom. The second-order valence-electron chi connectivity index (χ2n) is 2.52. The van der Waals surface area contributed by atoms with Crippen molar-refractivity contribution in [3.05, 3.63) is 34.3 Å². The van der Waals surface area contributed by atoms with E-state index in [0.29, 0.717) is 0 Å². The van der Waals surface area contributed by atoms with Gasteiger partial charge in [0.05, 0.1) is 6.04 Å². The van der Waals surface area contributed by atoms with Crippen molar-refractivity contribution in [2.45, 2.75) is 13.0 Å². The monoisotopic (exact) mass is 226 g/mol. The summed E-state index contributed by atoms with van der Waals surface area (Å²) in [6.45, 7) is 1.91. The van der Waals surface area contributed by atoms with Crippen LogP contribution in [0.1, 0.15) is 18.5 Å². The topological polar surface area (TPSA) is 29.1 Å². The van der Waals surface area contributed by atoms with Gasteiger partial charge >= 0.3 is 6.41 Å². The first kappa shape index (κ1) is 9.26. The Bertz CT molecular complexity index is 258. The molecule has 0 saturated heterocycles. The molecule has 63 valence electrons. The number of halogens is 1. The van der Waals surface area contributed by atoms with E-state index in [1.165, 1.54) is 0 Å². The Morgan fingerprint density at radius 1 is 1.42 bits per heavy atom. The van der Waals surface area contributed by atoms with Gasteiger partial charge in [0, 0.05) is 4.47 Å². The van der Waals surface area contributed by atoms with Crippen LogP contribution in [0.15, 0.2) is 28.7 Å². The maximum absolute atomic E-state index is 10.0. The molecular weight excluding hydrogens is 218 g/mol. The van der Waals surface area contributed by atoms with E-state index in [-0.39, 0.29) is 6.04 Å². The third-order valence-corrected chi connectivity index (χ3v) is 2.17. The lowest BCUT2D eigenvalue weighted by atomic mass is 10.1. The summed E-state index contributed by atoms with van der Waals surface area (Å²) in [5, 5.41) is 2.56. The molecule has 0 aromatic heterocycles. The first-order valence-corrected chi connectivity index (χ1v) is 4.41. The van der Waals surface area contributed by atoms with Gasteiger partial charge in [-0.05, 0) is 24.6 Å². The molecule has 1 amide bonds. The van der Waals surface area contributed by atoms with Gasteiger partial charge in [-0.3, -0.25) is 4.79 Å². The van der Waals surface area contributed by atoms with Crippen molar-refractivity contribution >= 4 is 22.3 Å². The van der Waals surface area contributed by atoms with Crippen LogP contribution >= 0.6 is 15.9 Å².